The van der Waals surface area contributed by atoms with E-state index in [0.29, 0.717) is 17.1 Å². The third kappa shape index (κ3) is 4.55. The molecule has 0 aliphatic heterocycles. The van der Waals surface area contributed by atoms with E-state index < -0.39 is 0 Å². The first-order valence-corrected chi connectivity index (χ1v) is 8.58. The molecule has 2 aromatic carbocycles. The maximum Gasteiger partial charge on any atom is 0.251 e. The molecule has 0 aliphatic carbocycles. The van der Waals surface area contributed by atoms with Crippen LogP contribution in [0.3, 0.4) is 0 Å². The van der Waals surface area contributed by atoms with E-state index in [2.05, 4.69) is 33.0 Å². The fourth-order valence-electron chi connectivity index (χ4n) is 2.49. The van der Waals surface area contributed by atoms with Crippen molar-refractivity contribution in [3.63, 3.8) is 0 Å². The van der Waals surface area contributed by atoms with Gasteiger partial charge in [0, 0.05) is 23.9 Å². The molecule has 3 rings (SSSR count). The summed E-state index contributed by atoms with van der Waals surface area (Å²) in [6.45, 7) is 2.03. The quantitative estimate of drug-likeness (QED) is 0.696. The zero-order chi connectivity index (χ0) is 19.2. The van der Waals surface area contributed by atoms with Gasteiger partial charge in [0.1, 0.15) is 6.54 Å². The lowest BCUT2D eigenvalue weighted by Gasteiger charge is -2.05. The summed E-state index contributed by atoms with van der Waals surface area (Å²) in [7, 11) is 1.57. The van der Waals surface area contributed by atoms with Crippen LogP contribution in [-0.2, 0) is 17.8 Å². The van der Waals surface area contributed by atoms with Crippen LogP contribution in [-0.4, -0.2) is 39.1 Å². The van der Waals surface area contributed by atoms with Gasteiger partial charge >= 0.3 is 0 Å². The lowest BCUT2D eigenvalue weighted by molar-refractivity contribution is -0.117. The first kappa shape index (κ1) is 18.2. The molecule has 27 heavy (non-hydrogen) atoms. The van der Waals surface area contributed by atoms with E-state index in [1.807, 2.05) is 24.3 Å². The Kier molecular flexibility index (Phi) is 5.55. The van der Waals surface area contributed by atoms with Gasteiger partial charge < -0.3 is 10.6 Å². The van der Waals surface area contributed by atoms with Crippen LogP contribution in [0.2, 0.25) is 0 Å². The minimum Gasteiger partial charge on any atom is -0.355 e. The largest absolute Gasteiger partial charge is 0.355 e. The number of benzene rings is 2. The number of carbonyl (C=O) groups excluding carboxylic acids is 2. The highest BCUT2D eigenvalue weighted by molar-refractivity contribution is 5.95. The number of hydrogen-bond acceptors (Lipinski definition) is 5. The number of nitrogens with zero attached hydrogens (tertiary/aromatic N) is 4. The molecule has 0 radical (unpaired) electrons. The molecule has 0 atom stereocenters. The molecule has 0 unspecified atom stereocenters. The Balaban J connectivity index is 1.61. The van der Waals surface area contributed by atoms with Crippen LogP contribution in [0.15, 0.2) is 48.5 Å². The molecule has 3 aromatic rings. The highest BCUT2D eigenvalue weighted by atomic mass is 16.2. The molecule has 1 aromatic heterocycles. The van der Waals surface area contributed by atoms with Crippen molar-refractivity contribution in [2.24, 2.45) is 0 Å². The smallest absolute Gasteiger partial charge is 0.251 e. The zero-order valence-corrected chi connectivity index (χ0v) is 15.1. The van der Waals surface area contributed by atoms with Crippen molar-refractivity contribution in [2.75, 3.05) is 12.4 Å². The Morgan fingerprint density at radius 1 is 1.04 bits per heavy atom. The Morgan fingerprint density at radius 3 is 2.37 bits per heavy atom. The summed E-state index contributed by atoms with van der Waals surface area (Å²) in [5.41, 5.74) is 3.19. The minimum absolute atomic E-state index is 0.0583. The fourth-order valence-corrected chi connectivity index (χ4v) is 2.49. The fraction of sp³-hybridized carbons (Fsp3) is 0.211. The van der Waals surface area contributed by atoms with Crippen molar-refractivity contribution in [2.45, 2.75) is 19.9 Å². The van der Waals surface area contributed by atoms with Crippen molar-refractivity contribution in [1.29, 1.82) is 0 Å². The molecule has 8 heteroatoms. The van der Waals surface area contributed by atoms with Gasteiger partial charge in [-0.1, -0.05) is 31.2 Å². The van der Waals surface area contributed by atoms with Gasteiger partial charge in [0.05, 0.1) is 0 Å². The van der Waals surface area contributed by atoms with E-state index in [1.165, 1.54) is 10.4 Å². The Labute approximate surface area is 156 Å². The molecule has 2 amide bonds. The maximum absolute atomic E-state index is 12.2. The van der Waals surface area contributed by atoms with Crippen molar-refractivity contribution in [3.8, 4) is 11.4 Å². The van der Waals surface area contributed by atoms with Crippen LogP contribution in [0.5, 0.6) is 0 Å². The molecule has 0 saturated carbocycles. The van der Waals surface area contributed by atoms with Gasteiger partial charge in [-0.15, -0.1) is 10.2 Å². The maximum atomic E-state index is 12.2. The molecule has 0 spiro atoms. The predicted octanol–water partition coefficient (Wildman–Crippen LogP) is 1.90. The first-order valence-electron chi connectivity index (χ1n) is 8.58. The lowest BCUT2D eigenvalue weighted by atomic mass is 10.1. The topological polar surface area (TPSA) is 102 Å². The molecule has 0 saturated heterocycles. The molecule has 1 heterocycles. The standard InChI is InChI=1S/C19H20N6O2/c1-3-13-4-6-14(7-5-13)18-22-24-25(23-18)12-17(26)21-16-10-8-15(9-11-16)19(27)20-2/h4-11H,3,12H2,1-2H3,(H,20,27)(H,21,26). The predicted molar refractivity (Wildman–Crippen MR) is 101 cm³/mol. The number of hydrogen-bond donors (Lipinski definition) is 2. The highest BCUT2D eigenvalue weighted by Crippen LogP contribution is 2.15. The average Bonchev–Trinajstić information content (AvgIpc) is 3.16. The number of nitrogens with one attached hydrogen (secondary N) is 2. The Morgan fingerprint density at radius 2 is 1.74 bits per heavy atom. The van der Waals surface area contributed by atoms with Gasteiger partial charge in [-0.2, -0.15) is 4.80 Å². The van der Waals surface area contributed by atoms with Gasteiger partial charge in [-0.05, 0) is 41.5 Å². The van der Waals surface area contributed by atoms with Crippen LogP contribution in [0.25, 0.3) is 11.4 Å². The van der Waals surface area contributed by atoms with Crippen molar-refractivity contribution in [3.05, 3.63) is 59.7 Å². The number of tetrazole rings is 1. The second-order valence-electron chi connectivity index (χ2n) is 5.90. The van der Waals surface area contributed by atoms with E-state index in [4.69, 9.17) is 0 Å². The SMILES string of the molecule is CCc1ccc(-c2nnn(CC(=O)Nc3ccc(C(=O)NC)cc3)n2)cc1. The summed E-state index contributed by atoms with van der Waals surface area (Å²) in [4.78, 5) is 24.9. The second-order valence-corrected chi connectivity index (χ2v) is 5.90. The van der Waals surface area contributed by atoms with E-state index in [-0.39, 0.29) is 18.4 Å². The number of anilines is 1. The Bertz CT molecular complexity index is 932. The molecular weight excluding hydrogens is 344 g/mol. The van der Waals surface area contributed by atoms with Gasteiger partial charge in [0.15, 0.2) is 0 Å². The van der Waals surface area contributed by atoms with Gasteiger partial charge in [-0.3, -0.25) is 9.59 Å². The van der Waals surface area contributed by atoms with E-state index >= 15 is 0 Å². The molecular formula is C19H20N6O2. The summed E-state index contributed by atoms with van der Waals surface area (Å²) in [5, 5.41) is 17.5. The number of aromatic nitrogens is 4. The Hall–Kier alpha value is -3.55. The molecule has 0 fully saturated rings. The summed E-state index contributed by atoms with van der Waals surface area (Å²) in [5.74, 6) is 0.00699. The first-order chi connectivity index (χ1) is 13.1. The van der Waals surface area contributed by atoms with Crippen LogP contribution in [0.1, 0.15) is 22.8 Å². The highest BCUT2D eigenvalue weighted by Gasteiger charge is 2.10. The van der Waals surface area contributed by atoms with Crippen LogP contribution in [0, 0.1) is 0 Å². The van der Waals surface area contributed by atoms with E-state index in [1.54, 1.807) is 31.3 Å². The summed E-state index contributed by atoms with van der Waals surface area (Å²) in [6.07, 6.45) is 0.963. The molecule has 0 bridgehead atoms. The molecule has 0 aliphatic rings. The third-order valence-electron chi connectivity index (χ3n) is 4.02. The van der Waals surface area contributed by atoms with Gasteiger partial charge in [-0.25, -0.2) is 0 Å². The van der Waals surface area contributed by atoms with Gasteiger partial charge in [0.25, 0.3) is 5.91 Å². The number of amides is 2. The molecule has 138 valence electrons. The van der Waals surface area contributed by atoms with Crippen LogP contribution in [0.4, 0.5) is 5.69 Å². The third-order valence-corrected chi connectivity index (χ3v) is 4.02. The van der Waals surface area contributed by atoms with E-state index in [9.17, 15) is 9.59 Å². The number of carbonyl (C=O) groups is 2. The van der Waals surface area contributed by atoms with Crippen molar-refractivity contribution >= 4 is 17.5 Å². The summed E-state index contributed by atoms with van der Waals surface area (Å²) < 4.78 is 0. The minimum atomic E-state index is -0.284. The van der Waals surface area contributed by atoms with Crippen molar-refractivity contribution in [1.82, 2.24) is 25.5 Å². The lowest BCUT2D eigenvalue weighted by Crippen LogP contribution is -2.21. The molecule has 2 N–H and O–H groups in total. The van der Waals surface area contributed by atoms with Gasteiger partial charge in [0.2, 0.25) is 11.7 Å². The average molecular weight is 364 g/mol. The molecule has 8 nitrogen and oxygen atoms in total. The zero-order valence-electron chi connectivity index (χ0n) is 15.1. The van der Waals surface area contributed by atoms with E-state index in [0.717, 1.165) is 12.0 Å². The number of aryl methyl sites for hydroxylation is 1. The second kappa shape index (κ2) is 8.22. The monoisotopic (exact) mass is 364 g/mol. The normalized spacial score (nSPS) is 10.4. The van der Waals surface area contributed by atoms with Crippen LogP contribution < -0.4 is 10.6 Å². The summed E-state index contributed by atoms with van der Waals surface area (Å²) in [6, 6.07) is 14.5. The summed E-state index contributed by atoms with van der Waals surface area (Å²) >= 11 is 0. The van der Waals surface area contributed by atoms with Crippen LogP contribution >= 0.6 is 0 Å². The van der Waals surface area contributed by atoms with Crippen molar-refractivity contribution < 1.29 is 9.59 Å². The number of rotatable bonds is 6.